The fourth-order valence-electron chi connectivity index (χ4n) is 7.20. The van der Waals surface area contributed by atoms with Gasteiger partial charge in [0.15, 0.2) is 0 Å². The first-order valence-electron chi connectivity index (χ1n) is 19.2. The Labute approximate surface area is 344 Å². The Morgan fingerprint density at radius 1 is 0.810 bits per heavy atom. The number of hydrogen-bond acceptors (Lipinski definition) is 11. The monoisotopic (exact) mass is 823 g/mol. The number of benzene rings is 5. The van der Waals surface area contributed by atoms with Crippen molar-refractivity contribution in [1.29, 1.82) is 0 Å². The Bertz CT molecular complexity index is 2330. The number of likely N-dealkylation sites (N-methyl/N-ethyl adjacent to an activating group) is 1. The summed E-state index contributed by atoms with van der Waals surface area (Å²) in [6, 6.07) is 33.8. The largest absolute Gasteiger partial charge is 0.456 e. The lowest BCUT2D eigenvalue weighted by Crippen LogP contribution is -2.46. The number of sulfonamides is 1. The number of ether oxygens (including phenoxy) is 1. The number of rotatable bonds is 14. The molecule has 0 bridgehead atoms. The van der Waals surface area contributed by atoms with E-state index in [0.717, 1.165) is 63.1 Å². The molecule has 7 rings (SSSR count). The van der Waals surface area contributed by atoms with Crippen molar-refractivity contribution in [2.75, 3.05) is 82.7 Å². The predicted molar refractivity (Wildman–Crippen MR) is 228 cm³/mol. The molecule has 302 valence electrons. The number of halogens is 1. The molecule has 0 aliphatic carbocycles. The topological polar surface area (TPSA) is 141 Å². The van der Waals surface area contributed by atoms with Crippen molar-refractivity contribution >= 4 is 44.6 Å². The lowest BCUT2D eigenvalue weighted by atomic mass is 9.99. The number of nitrogens with one attached hydrogen (secondary N) is 2. The molecule has 1 amide bonds. The summed E-state index contributed by atoms with van der Waals surface area (Å²) >= 11 is 6.14. The van der Waals surface area contributed by atoms with Gasteiger partial charge in [0.05, 0.1) is 15.4 Å². The number of hydrogen-bond donors (Lipinski definition) is 2. The molecular weight excluding hydrogens is 778 g/mol. The zero-order valence-corrected chi connectivity index (χ0v) is 33.8. The number of carbonyl (C=O) groups excluding carboxylic acids is 1. The van der Waals surface area contributed by atoms with Crippen molar-refractivity contribution in [1.82, 2.24) is 19.4 Å². The predicted octanol–water partition coefficient (Wildman–Crippen LogP) is 6.81. The van der Waals surface area contributed by atoms with Gasteiger partial charge < -0.3 is 19.9 Å². The number of amides is 1. The highest BCUT2D eigenvalue weighted by molar-refractivity contribution is 7.90. The van der Waals surface area contributed by atoms with E-state index in [1.165, 1.54) is 23.3 Å². The Morgan fingerprint density at radius 3 is 2.22 bits per heavy atom. The number of piperazine rings is 2. The van der Waals surface area contributed by atoms with Gasteiger partial charge in [0.1, 0.15) is 17.2 Å². The van der Waals surface area contributed by atoms with E-state index < -0.39 is 31.4 Å². The maximum Gasteiger partial charge on any atom is 0.293 e. The van der Waals surface area contributed by atoms with Crippen LogP contribution in [0.2, 0.25) is 5.02 Å². The summed E-state index contributed by atoms with van der Waals surface area (Å²) < 4.78 is 35.4. The molecule has 2 saturated heterocycles. The molecule has 2 fully saturated rings. The van der Waals surface area contributed by atoms with Crippen molar-refractivity contribution in [2.45, 2.75) is 11.4 Å². The van der Waals surface area contributed by atoms with Crippen molar-refractivity contribution in [3.8, 4) is 22.6 Å². The van der Waals surface area contributed by atoms with Gasteiger partial charge in [-0.2, -0.15) is 0 Å². The Kier molecular flexibility index (Phi) is 12.9. The van der Waals surface area contributed by atoms with E-state index in [0.29, 0.717) is 37.0 Å². The van der Waals surface area contributed by atoms with Crippen LogP contribution in [0.4, 0.5) is 17.1 Å². The quantitative estimate of drug-likeness (QED) is 0.0902. The molecule has 0 aromatic heterocycles. The van der Waals surface area contributed by atoms with E-state index in [9.17, 15) is 23.3 Å². The summed E-state index contributed by atoms with van der Waals surface area (Å²) in [6.07, 6.45) is 0. The summed E-state index contributed by atoms with van der Waals surface area (Å²) in [5.74, 6) is -0.299. The molecule has 15 heteroatoms. The van der Waals surface area contributed by atoms with Gasteiger partial charge in [0.2, 0.25) is 0 Å². The zero-order chi connectivity index (χ0) is 40.6. The van der Waals surface area contributed by atoms with Gasteiger partial charge in [-0.15, -0.1) is 0 Å². The minimum absolute atomic E-state index is 0.00897. The second-order valence-corrected chi connectivity index (χ2v) is 16.6. The summed E-state index contributed by atoms with van der Waals surface area (Å²) in [5.41, 5.74) is 4.10. The Hall–Kier alpha value is -5.51. The molecular formula is C43H46ClN7O6S. The standard InChI is InChI=1S/C43H46ClN7O6S/c1-47-21-23-48(24-22-47)20-19-45-40-18-16-37(30-41(40)51(53)54)58(55,56)46-43(52)39-17-15-35(29-42(39)57-36-8-3-2-4-9-36)50-27-25-49(26-28-50)31-33-7-5-6-10-38(33)32-11-13-34(44)14-12-32/h2-18,29-30,45H,19-28,31H2,1H3,(H,46,52). The van der Waals surface area contributed by atoms with E-state index >= 15 is 0 Å². The van der Waals surface area contributed by atoms with Crippen LogP contribution in [-0.2, 0) is 16.6 Å². The molecule has 5 aromatic rings. The number of nitro groups is 1. The SMILES string of the molecule is CN1CCN(CCNc2ccc(S(=O)(=O)NC(=O)c3ccc(N4CCN(Cc5ccccc5-c5ccc(Cl)cc5)CC4)cc3Oc3ccccc3)cc2[N+](=O)[O-])CC1. The van der Waals surface area contributed by atoms with E-state index in [1.54, 1.807) is 42.5 Å². The van der Waals surface area contributed by atoms with E-state index in [4.69, 9.17) is 16.3 Å². The van der Waals surface area contributed by atoms with E-state index in [1.807, 2.05) is 36.4 Å². The highest BCUT2D eigenvalue weighted by Gasteiger charge is 2.27. The van der Waals surface area contributed by atoms with Crippen LogP contribution in [0, 0.1) is 10.1 Å². The average molecular weight is 824 g/mol. The van der Waals surface area contributed by atoms with Gasteiger partial charge in [0.25, 0.3) is 21.6 Å². The molecule has 0 radical (unpaired) electrons. The van der Waals surface area contributed by atoms with Crippen molar-refractivity contribution in [2.24, 2.45) is 0 Å². The first-order chi connectivity index (χ1) is 28.0. The lowest BCUT2D eigenvalue weighted by Gasteiger charge is -2.36. The smallest absolute Gasteiger partial charge is 0.293 e. The minimum Gasteiger partial charge on any atom is -0.456 e. The second-order valence-electron chi connectivity index (χ2n) is 14.5. The third-order valence-electron chi connectivity index (χ3n) is 10.5. The van der Waals surface area contributed by atoms with Crippen molar-refractivity contribution in [3.63, 3.8) is 0 Å². The highest BCUT2D eigenvalue weighted by atomic mass is 35.5. The van der Waals surface area contributed by atoms with Crippen LogP contribution in [0.15, 0.2) is 120 Å². The fraction of sp³-hybridized carbons (Fsp3) is 0.279. The van der Waals surface area contributed by atoms with Crippen molar-refractivity contribution in [3.05, 3.63) is 142 Å². The van der Waals surface area contributed by atoms with Crippen molar-refractivity contribution < 1.29 is 22.9 Å². The van der Waals surface area contributed by atoms with E-state index in [2.05, 4.69) is 54.9 Å². The molecule has 5 aromatic carbocycles. The van der Waals surface area contributed by atoms with Gasteiger partial charge in [0, 0.05) is 94.8 Å². The maximum atomic E-state index is 13.7. The molecule has 0 atom stereocenters. The first kappa shape index (κ1) is 40.7. The molecule has 2 aliphatic rings. The fourth-order valence-corrected chi connectivity index (χ4v) is 8.32. The normalized spacial score (nSPS) is 15.5. The number of para-hydroxylation sites is 1. The van der Waals surface area contributed by atoms with Crippen LogP contribution in [0.5, 0.6) is 11.5 Å². The van der Waals surface area contributed by atoms with Gasteiger partial charge in [-0.05, 0) is 72.3 Å². The summed E-state index contributed by atoms with van der Waals surface area (Å²) in [4.78, 5) is 33.9. The number of anilines is 2. The second kappa shape index (κ2) is 18.4. The average Bonchev–Trinajstić information content (AvgIpc) is 3.22. The van der Waals surface area contributed by atoms with Crippen LogP contribution in [0.3, 0.4) is 0 Å². The number of nitrogens with zero attached hydrogens (tertiary/aromatic N) is 5. The van der Waals surface area contributed by atoms with Crippen LogP contribution < -0.4 is 19.7 Å². The van der Waals surface area contributed by atoms with Crippen LogP contribution >= 0.6 is 11.6 Å². The summed E-state index contributed by atoms with van der Waals surface area (Å²) in [7, 11) is -2.45. The lowest BCUT2D eigenvalue weighted by molar-refractivity contribution is -0.384. The van der Waals surface area contributed by atoms with Gasteiger partial charge in [-0.25, -0.2) is 13.1 Å². The number of nitro benzene ring substituents is 1. The minimum atomic E-state index is -4.52. The molecule has 0 saturated carbocycles. The Morgan fingerprint density at radius 2 is 1.50 bits per heavy atom. The van der Waals surface area contributed by atoms with Gasteiger partial charge in [-0.3, -0.25) is 24.7 Å². The summed E-state index contributed by atoms with van der Waals surface area (Å²) in [6.45, 7) is 8.63. The van der Waals surface area contributed by atoms with Gasteiger partial charge >= 0.3 is 0 Å². The van der Waals surface area contributed by atoms with Gasteiger partial charge in [-0.1, -0.05) is 66.2 Å². The molecule has 0 spiro atoms. The summed E-state index contributed by atoms with van der Waals surface area (Å²) in [5, 5.41) is 15.8. The Balaban J connectivity index is 1.04. The molecule has 2 aliphatic heterocycles. The first-order valence-corrected chi connectivity index (χ1v) is 21.1. The highest BCUT2D eigenvalue weighted by Crippen LogP contribution is 2.33. The molecule has 2 heterocycles. The van der Waals surface area contributed by atoms with Crippen LogP contribution in [0.25, 0.3) is 11.1 Å². The molecule has 58 heavy (non-hydrogen) atoms. The van der Waals surface area contributed by atoms with Crippen LogP contribution in [-0.4, -0.2) is 106 Å². The molecule has 0 unspecified atom stereocenters. The zero-order valence-electron chi connectivity index (χ0n) is 32.2. The number of carbonyl (C=O) groups is 1. The van der Waals surface area contributed by atoms with E-state index in [-0.39, 0.29) is 17.0 Å². The van der Waals surface area contributed by atoms with Crippen LogP contribution in [0.1, 0.15) is 15.9 Å². The molecule has 13 nitrogen and oxygen atoms in total. The third-order valence-corrected chi connectivity index (χ3v) is 12.1. The molecule has 2 N–H and O–H groups in total. The maximum absolute atomic E-state index is 13.7. The third kappa shape index (κ3) is 10.1.